The fourth-order valence-corrected chi connectivity index (χ4v) is 7.34. The molecule has 4 amide bonds. The van der Waals surface area contributed by atoms with E-state index in [1.807, 2.05) is 37.3 Å². The molecule has 48 heavy (non-hydrogen) atoms. The first-order valence-corrected chi connectivity index (χ1v) is 18.0. The molecular weight excluding hydrogens is 649 g/mol. The zero-order valence-corrected chi connectivity index (χ0v) is 29.3. The Labute approximate surface area is 288 Å². The molecule has 254 valence electrons. The van der Waals surface area contributed by atoms with Crippen molar-refractivity contribution in [3.8, 4) is 0 Å². The van der Waals surface area contributed by atoms with Gasteiger partial charge in [-0.05, 0) is 50.2 Å². The number of fused-ring (bicyclic) bond motifs is 4. The number of aromatic nitrogens is 4. The summed E-state index contributed by atoms with van der Waals surface area (Å²) in [5.74, 6) is -0.737. The van der Waals surface area contributed by atoms with Gasteiger partial charge >= 0.3 is 0 Å². The largest absolute Gasteiger partial charge is 0.351 e. The molecule has 0 saturated carbocycles. The van der Waals surface area contributed by atoms with E-state index in [1.54, 1.807) is 33.5 Å². The minimum atomic E-state index is -0.493. The molecule has 0 spiro atoms. The smallest absolute Gasteiger partial charge is 0.272 e. The van der Waals surface area contributed by atoms with E-state index < -0.39 is 6.04 Å². The minimum Gasteiger partial charge on any atom is -0.351 e. The average Bonchev–Trinajstić information content (AvgIpc) is 3.81. The van der Waals surface area contributed by atoms with Crippen LogP contribution in [0.2, 0.25) is 0 Å². The van der Waals surface area contributed by atoms with Gasteiger partial charge in [-0.15, -0.1) is 22.7 Å². The minimum absolute atomic E-state index is 0.147. The van der Waals surface area contributed by atoms with Crippen molar-refractivity contribution in [2.75, 3.05) is 19.6 Å². The number of thiazole rings is 2. The molecule has 4 heterocycles. The van der Waals surface area contributed by atoms with Crippen LogP contribution in [0.25, 0.3) is 0 Å². The molecule has 14 heteroatoms. The molecule has 3 N–H and O–H groups in total. The molecule has 4 bridgehead atoms. The molecule has 1 aliphatic heterocycles. The van der Waals surface area contributed by atoms with Gasteiger partial charge in [0.05, 0.1) is 17.8 Å². The van der Waals surface area contributed by atoms with Crippen LogP contribution < -0.4 is 16.0 Å². The van der Waals surface area contributed by atoms with Crippen LogP contribution in [0, 0.1) is 12.8 Å². The number of nitrogens with zero attached hydrogens (tertiary/aromatic N) is 5. The zero-order valence-electron chi connectivity index (χ0n) is 27.7. The normalized spacial score (nSPS) is 18.5. The number of hydrogen-bond acceptors (Lipinski definition) is 9. The lowest BCUT2D eigenvalue weighted by atomic mass is 10.0. The Morgan fingerprint density at radius 1 is 0.938 bits per heavy atom. The molecule has 1 aliphatic rings. The van der Waals surface area contributed by atoms with Crippen LogP contribution in [0.5, 0.6) is 0 Å². The second-order valence-corrected chi connectivity index (χ2v) is 14.2. The summed E-state index contributed by atoms with van der Waals surface area (Å²) in [4.78, 5) is 64.4. The Hall–Kier alpha value is -4.43. The first-order valence-electron chi connectivity index (χ1n) is 16.2. The highest BCUT2D eigenvalue weighted by molar-refractivity contribution is 7.10. The van der Waals surface area contributed by atoms with Gasteiger partial charge in [-0.25, -0.2) is 9.97 Å². The van der Waals surface area contributed by atoms with Gasteiger partial charge in [-0.3, -0.25) is 23.9 Å². The highest BCUT2D eigenvalue weighted by Gasteiger charge is 2.26. The van der Waals surface area contributed by atoms with Crippen LogP contribution in [0.1, 0.15) is 104 Å². The lowest BCUT2D eigenvalue weighted by Crippen LogP contribution is -2.37. The van der Waals surface area contributed by atoms with Gasteiger partial charge in [-0.1, -0.05) is 44.2 Å². The first kappa shape index (κ1) is 34.9. The number of nitrogens with one attached hydrogen (secondary N) is 3. The van der Waals surface area contributed by atoms with Crippen LogP contribution >= 0.6 is 22.7 Å². The molecular formula is C34H42N8O4S2. The van der Waals surface area contributed by atoms with Gasteiger partial charge in [0.25, 0.3) is 17.7 Å². The maximum absolute atomic E-state index is 13.5. The van der Waals surface area contributed by atoms with E-state index in [-0.39, 0.29) is 53.4 Å². The van der Waals surface area contributed by atoms with Crippen molar-refractivity contribution in [2.45, 2.75) is 65.0 Å². The number of hydrogen-bond donors (Lipinski definition) is 3. The summed E-state index contributed by atoms with van der Waals surface area (Å²) in [6.07, 6.45) is 2.30. The van der Waals surface area contributed by atoms with Gasteiger partial charge < -0.3 is 20.9 Å². The fraction of sp³-hybridized carbons (Fsp3) is 0.441. The summed E-state index contributed by atoms with van der Waals surface area (Å²) in [6, 6.07) is 10.7. The van der Waals surface area contributed by atoms with Crippen molar-refractivity contribution in [3.05, 3.63) is 85.5 Å². The van der Waals surface area contributed by atoms with Crippen LogP contribution in [-0.2, 0) is 18.3 Å². The molecule has 12 nitrogen and oxygen atoms in total. The van der Waals surface area contributed by atoms with E-state index in [0.717, 1.165) is 11.3 Å². The standard InChI is InChI=1S/C34H42N8O4S2/c1-21(2)16-24-32-39-27(20-48-32)31(45)37-25(18-23-10-6-5-7-11-23)33-38-26(19-47-33)30(44)35-13-9-15-42(14-8-12-29(43)36-24)34(46)28-17-22(3)40-41(28)4/h5-7,10-11,17,19-21,24-25H,8-9,12-16,18H2,1-4H3,(H,35,44)(H,36,43)(H,37,45)/t24-,25-/m0/s1. The first-order chi connectivity index (χ1) is 23.1. The Morgan fingerprint density at radius 3 is 2.27 bits per heavy atom. The summed E-state index contributed by atoms with van der Waals surface area (Å²) in [7, 11) is 1.73. The Morgan fingerprint density at radius 2 is 1.60 bits per heavy atom. The summed E-state index contributed by atoms with van der Waals surface area (Å²) >= 11 is 2.65. The zero-order chi connectivity index (χ0) is 34.2. The van der Waals surface area contributed by atoms with Gasteiger partial charge in [-0.2, -0.15) is 5.10 Å². The van der Waals surface area contributed by atoms with Crippen LogP contribution in [-0.4, -0.2) is 67.9 Å². The number of amides is 4. The van der Waals surface area contributed by atoms with Crippen molar-refractivity contribution in [2.24, 2.45) is 13.0 Å². The number of benzene rings is 1. The molecule has 0 aliphatic carbocycles. The second-order valence-electron chi connectivity index (χ2n) is 12.4. The molecule has 3 aromatic heterocycles. The predicted octanol–water partition coefficient (Wildman–Crippen LogP) is 4.61. The lowest BCUT2D eigenvalue weighted by molar-refractivity contribution is -0.122. The summed E-state index contributed by atoms with van der Waals surface area (Å²) in [6.45, 7) is 7.06. The van der Waals surface area contributed by atoms with Gasteiger partial charge in [0.1, 0.15) is 27.1 Å². The monoisotopic (exact) mass is 690 g/mol. The van der Waals surface area contributed by atoms with E-state index in [4.69, 9.17) is 0 Å². The van der Waals surface area contributed by atoms with Crippen molar-refractivity contribution in [1.29, 1.82) is 0 Å². The third kappa shape index (κ3) is 9.13. The van der Waals surface area contributed by atoms with Crippen LogP contribution in [0.3, 0.4) is 0 Å². The van der Waals surface area contributed by atoms with Crippen molar-refractivity contribution >= 4 is 46.3 Å². The van der Waals surface area contributed by atoms with E-state index in [1.165, 1.54) is 22.7 Å². The van der Waals surface area contributed by atoms with Crippen molar-refractivity contribution in [3.63, 3.8) is 0 Å². The number of rotatable bonds is 5. The predicted molar refractivity (Wildman–Crippen MR) is 185 cm³/mol. The van der Waals surface area contributed by atoms with Crippen LogP contribution in [0.4, 0.5) is 0 Å². The molecule has 4 aromatic rings. The fourth-order valence-electron chi connectivity index (χ4n) is 5.63. The van der Waals surface area contributed by atoms with Crippen LogP contribution in [0.15, 0.2) is 47.2 Å². The average molecular weight is 691 g/mol. The SMILES string of the molecule is Cc1cc(C(=O)N2CCCNC(=O)c3csc(n3)[C@H](Cc3ccccc3)NC(=O)c3csc(n3)[C@H](CC(C)C)NC(=O)CCC2)n(C)n1. The van der Waals surface area contributed by atoms with E-state index >= 15 is 0 Å². The van der Waals surface area contributed by atoms with Crippen molar-refractivity contribution < 1.29 is 19.2 Å². The van der Waals surface area contributed by atoms with Crippen molar-refractivity contribution in [1.82, 2.24) is 40.6 Å². The summed E-state index contributed by atoms with van der Waals surface area (Å²) < 4.78 is 1.56. The number of aryl methyl sites for hydroxylation is 2. The molecule has 1 aromatic carbocycles. The summed E-state index contributed by atoms with van der Waals surface area (Å²) in [5, 5.41) is 18.1. The topological polar surface area (TPSA) is 151 Å². The van der Waals surface area contributed by atoms with E-state index in [9.17, 15) is 19.2 Å². The Kier molecular flexibility index (Phi) is 11.7. The number of carbonyl (C=O) groups excluding carboxylic acids is 4. The highest BCUT2D eigenvalue weighted by Crippen LogP contribution is 2.27. The third-order valence-electron chi connectivity index (χ3n) is 7.97. The van der Waals surface area contributed by atoms with E-state index in [0.29, 0.717) is 61.0 Å². The Balaban J connectivity index is 1.42. The number of carbonyl (C=O) groups is 4. The maximum atomic E-state index is 13.5. The molecule has 0 fully saturated rings. The second kappa shape index (κ2) is 16.1. The van der Waals surface area contributed by atoms with Gasteiger partial charge in [0.15, 0.2) is 0 Å². The molecule has 0 unspecified atom stereocenters. The maximum Gasteiger partial charge on any atom is 0.272 e. The molecule has 2 atom stereocenters. The molecule has 0 saturated heterocycles. The molecule has 0 radical (unpaired) electrons. The molecule has 5 rings (SSSR count). The van der Waals surface area contributed by atoms with Gasteiger partial charge in [0, 0.05) is 43.9 Å². The van der Waals surface area contributed by atoms with Gasteiger partial charge in [0.2, 0.25) is 5.91 Å². The Bertz CT molecular complexity index is 1730. The third-order valence-corrected chi connectivity index (χ3v) is 9.88. The quantitative estimate of drug-likeness (QED) is 0.277. The highest BCUT2D eigenvalue weighted by atomic mass is 32.1. The lowest BCUT2D eigenvalue weighted by Gasteiger charge is -2.23. The summed E-state index contributed by atoms with van der Waals surface area (Å²) in [5.41, 5.74) is 2.74. The van der Waals surface area contributed by atoms with E-state index in [2.05, 4.69) is 44.9 Å².